The van der Waals surface area contributed by atoms with Crippen LogP contribution in [0, 0.1) is 11.3 Å². The monoisotopic (exact) mass is 282 g/mol. The van der Waals surface area contributed by atoms with Crippen molar-refractivity contribution in [3.8, 4) is 6.07 Å². The standard InChI is InChI=1S/C13H11N2.BF4/c14-9-13-7-4-8-15(11-13)10-12-5-2-1-3-6-12;2-1(3,4)5/h1-8,11H,10H2;/q+1;-1. The van der Waals surface area contributed by atoms with Gasteiger partial charge in [-0.3, -0.25) is 0 Å². The molecule has 1 aromatic carbocycles. The molecule has 20 heavy (non-hydrogen) atoms. The van der Waals surface area contributed by atoms with E-state index in [2.05, 4.69) is 18.2 Å². The van der Waals surface area contributed by atoms with E-state index in [-0.39, 0.29) is 0 Å². The molecule has 0 saturated heterocycles. The molecule has 0 aliphatic carbocycles. The number of halogens is 4. The van der Waals surface area contributed by atoms with Crippen LogP contribution >= 0.6 is 0 Å². The van der Waals surface area contributed by atoms with Gasteiger partial charge in [0.25, 0.3) is 0 Å². The minimum Gasteiger partial charge on any atom is -0.418 e. The zero-order chi connectivity index (χ0) is 15.0. The summed E-state index contributed by atoms with van der Waals surface area (Å²) in [6.07, 6.45) is 3.82. The minimum absolute atomic E-state index is 0.688. The fraction of sp³-hybridized carbons (Fsp3) is 0.0769. The molecule has 0 N–H and O–H groups in total. The maximum absolute atomic E-state index is 9.75. The van der Waals surface area contributed by atoms with Gasteiger partial charge in [-0.2, -0.15) is 9.83 Å². The smallest absolute Gasteiger partial charge is 0.418 e. The van der Waals surface area contributed by atoms with Crippen molar-refractivity contribution in [2.75, 3.05) is 0 Å². The number of rotatable bonds is 2. The number of pyridine rings is 1. The third-order valence-electron chi connectivity index (χ3n) is 2.20. The zero-order valence-corrected chi connectivity index (χ0v) is 10.4. The molecule has 2 aromatic rings. The van der Waals surface area contributed by atoms with E-state index >= 15 is 0 Å². The Labute approximate surface area is 114 Å². The Morgan fingerprint density at radius 1 is 1.00 bits per heavy atom. The number of nitrogens with zero attached hydrogens (tertiary/aromatic N) is 2. The van der Waals surface area contributed by atoms with Gasteiger partial charge in [0.15, 0.2) is 18.9 Å². The van der Waals surface area contributed by atoms with Crippen molar-refractivity contribution < 1.29 is 21.8 Å². The summed E-state index contributed by atoms with van der Waals surface area (Å²) >= 11 is 0. The predicted octanol–water partition coefficient (Wildman–Crippen LogP) is 3.19. The number of nitriles is 1. The molecule has 1 aromatic heterocycles. The average molecular weight is 282 g/mol. The van der Waals surface area contributed by atoms with Gasteiger partial charge >= 0.3 is 7.25 Å². The van der Waals surface area contributed by atoms with Crippen molar-refractivity contribution in [3.05, 3.63) is 66.0 Å². The Kier molecular flexibility index (Phi) is 5.72. The highest BCUT2D eigenvalue weighted by atomic mass is 19.5. The largest absolute Gasteiger partial charge is 0.673 e. The van der Waals surface area contributed by atoms with Crippen molar-refractivity contribution in [2.45, 2.75) is 6.54 Å². The highest BCUT2D eigenvalue weighted by Gasteiger charge is 2.20. The third kappa shape index (κ3) is 7.16. The summed E-state index contributed by atoms with van der Waals surface area (Å²) in [6, 6.07) is 16.0. The highest BCUT2D eigenvalue weighted by Crippen LogP contribution is 2.06. The quantitative estimate of drug-likeness (QED) is 0.472. The van der Waals surface area contributed by atoms with Gasteiger partial charge in [-0.25, -0.2) is 0 Å². The second-order valence-corrected chi connectivity index (χ2v) is 3.86. The molecular formula is C13H11BF4N2. The fourth-order valence-electron chi connectivity index (χ4n) is 1.48. The van der Waals surface area contributed by atoms with Crippen LogP contribution < -0.4 is 4.57 Å². The molecule has 0 atom stereocenters. The highest BCUT2D eigenvalue weighted by molar-refractivity contribution is 6.50. The van der Waals surface area contributed by atoms with Crippen molar-refractivity contribution in [3.63, 3.8) is 0 Å². The van der Waals surface area contributed by atoms with Crippen molar-refractivity contribution in [2.24, 2.45) is 0 Å². The Morgan fingerprint density at radius 3 is 2.15 bits per heavy atom. The van der Waals surface area contributed by atoms with Gasteiger partial charge in [-0.05, 0) is 6.07 Å². The maximum atomic E-state index is 9.75. The second-order valence-electron chi connectivity index (χ2n) is 3.86. The van der Waals surface area contributed by atoms with Crippen LogP contribution in [0.3, 0.4) is 0 Å². The molecule has 0 unspecified atom stereocenters. The molecule has 7 heteroatoms. The van der Waals surface area contributed by atoms with Gasteiger partial charge in [0.2, 0.25) is 0 Å². The number of hydrogen-bond donors (Lipinski definition) is 0. The molecule has 0 spiro atoms. The van der Waals surface area contributed by atoms with Crippen LogP contribution in [0.1, 0.15) is 11.1 Å². The number of hydrogen-bond acceptors (Lipinski definition) is 1. The van der Waals surface area contributed by atoms with Crippen molar-refractivity contribution in [1.29, 1.82) is 5.26 Å². The SMILES string of the molecule is F[B-](F)(F)F.N#Cc1ccc[n+](Cc2ccccc2)c1. The van der Waals surface area contributed by atoms with E-state index in [1.807, 2.05) is 47.3 Å². The summed E-state index contributed by atoms with van der Waals surface area (Å²) in [4.78, 5) is 0. The van der Waals surface area contributed by atoms with Crippen LogP contribution in [0.15, 0.2) is 54.9 Å². The fourth-order valence-corrected chi connectivity index (χ4v) is 1.48. The summed E-state index contributed by atoms with van der Waals surface area (Å²) < 4.78 is 41.0. The lowest BCUT2D eigenvalue weighted by atomic mass is 10.2. The Hall–Kier alpha value is -2.36. The molecule has 0 bridgehead atoms. The summed E-state index contributed by atoms with van der Waals surface area (Å²) in [7, 11) is -6.00. The van der Waals surface area contributed by atoms with Crippen LogP contribution in [0.25, 0.3) is 0 Å². The van der Waals surface area contributed by atoms with Crippen LogP contribution in [0.4, 0.5) is 17.3 Å². The van der Waals surface area contributed by atoms with Gasteiger partial charge in [-0.15, -0.1) is 0 Å². The van der Waals surface area contributed by atoms with Crippen molar-refractivity contribution in [1.82, 2.24) is 0 Å². The van der Waals surface area contributed by atoms with Crippen LogP contribution in [0.5, 0.6) is 0 Å². The molecule has 2 nitrogen and oxygen atoms in total. The number of aromatic nitrogens is 1. The minimum atomic E-state index is -6.00. The lowest BCUT2D eigenvalue weighted by Crippen LogP contribution is -2.33. The van der Waals surface area contributed by atoms with E-state index in [1.165, 1.54) is 5.56 Å². The van der Waals surface area contributed by atoms with Gasteiger partial charge in [0.1, 0.15) is 11.6 Å². The van der Waals surface area contributed by atoms with E-state index in [0.29, 0.717) is 5.56 Å². The first-order valence-corrected chi connectivity index (χ1v) is 5.69. The van der Waals surface area contributed by atoms with Crippen LogP contribution in [-0.4, -0.2) is 7.25 Å². The first-order valence-electron chi connectivity index (χ1n) is 5.69. The maximum Gasteiger partial charge on any atom is 0.673 e. The molecule has 0 amide bonds. The van der Waals surface area contributed by atoms with Gasteiger partial charge < -0.3 is 17.3 Å². The summed E-state index contributed by atoms with van der Waals surface area (Å²) in [5.74, 6) is 0. The van der Waals surface area contributed by atoms with Gasteiger partial charge in [-0.1, -0.05) is 30.3 Å². The molecule has 0 aliphatic rings. The average Bonchev–Trinajstić information content (AvgIpc) is 2.38. The Bertz CT molecular complexity index is 573. The van der Waals surface area contributed by atoms with Crippen LogP contribution in [0.2, 0.25) is 0 Å². The zero-order valence-electron chi connectivity index (χ0n) is 10.4. The van der Waals surface area contributed by atoms with Gasteiger partial charge in [0, 0.05) is 11.6 Å². The lowest BCUT2D eigenvalue weighted by Gasteiger charge is -1.96. The van der Waals surface area contributed by atoms with E-state index in [0.717, 1.165) is 6.54 Å². The van der Waals surface area contributed by atoms with E-state index in [9.17, 15) is 17.3 Å². The molecule has 0 aliphatic heterocycles. The van der Waals surface area contributed by atoms with E-state index in [4.69, 9.17) is 5.26 Å². The number of benzene rings is 1. The van der Waals surface area contributed by atoms with Crippen LogP contribution in [-0.2, 0) is 6.54 Å². The Balaban J connectivity index is 0.000000347. The Morgan fingerprint density at radius 2 is 1.60 bits per heavy atom. The summed E-state index contributed by atoms with van der Waals surface area (Å²) in [6.45, 7) is 0.802. The molecule has 0 radical (unpaired) electrons. The summed E-state index contributed by atoms with van der Waals surface area (Å²) in [5, 5.41) is 8.76. The normalized spacial score (nSPS) is 10.2. The van der Waals surface area contributed by atoms with E-state index in [1.54, 1.807) is 0 Å². The van der Waals surface area contributed by atoms with E-state index < -0.39 is 7.25 Å². The topological polar surface area (TPSA) is 27.7 Å². The van der Waals surface area contributed by atoms with Gasteiger partial charge in [0.05, 0.1) is 0 Å². The first kappa shape index (κ1) is 15.7. The molecule has 2 rings (SSSR count). The first-order chi connectivity index (χ1) is 9.38. The molecule has 0 fully saturated rings. The second kappa shape index (κ2) is 7.29. The molecule has 104 valence electrons. The summed E-state index contributed by atoms with van der Waals surface area (Å²) in [5.41, 5.74) is 1.92. The predicted molar refractivity (Wildman–Crippen MR) is 67.1 cm³/mol. The van der Waals surface area contributed by atoms with Crippen molar-refractivity contribution >= 4 is 7.25 Å². The lowest BCUT2D eigenvalue weighted by molar-refractivity contribution is -0.688. The molecule has 0 saturated carbocycles. The molecular weight excluding hydrogens is 271 g/mol. The third-order valence-corrected chi connectivity index (χ3v) is 2.20. The molecule has 1 heterocycles.